The van der Waals surface area contributed by atoms with Crippen molar-refractivity contribution in [3.05, 3.63) is 65.8 Å². The summed E-state index contributed by atoms with van der Waals surface area (Å²) in [7, 11) is 3.90. The Labute approximate surface area is 144 Å². The molecule has 1 heterocycles. The van der Waals surface area contributed by atoms with Gasteiger partial charge in [-0.25, -0.2) is 4.39 Å². The third-order valence-corrected chi connectivity index (χ3v) is 3.63. The first kappa shape index (κ1) is 16.6. The maximum atomic E-state index is 12.9. The van der Waals surface area contributed by atoms with Crippen LogP contribution in [-0.2, 0) is 6.54 Å². The summed E-state index contributed by atoms with van der Waals surface area (Å²) in [6.07, 6.45) is 0. The molecule has 0 aliphatic heterocycles. The van der Waals surface area contributed by atoms with E-state index in [2.05, 4.69) is 15.5 Å². The third kappa shape index (κ3) is 4.00. The van der Waals surface area contributed by atoms with Crippen LogP contribution < -0.4 is 10.2 Å². The van der Waals surface area contributed by atoms with Gasteiger partial charge in [-0.15, -0.1) is 0 Å². The second-order valence-electron chi connectivity index (χ2n) is 5.67. The molecule has 25 heavy (non-hydrogen) atoms. The molecule has 2 aromatic carbocycles. The molecule has 3 aromatic rings. The van der Waals surface area contributed by atoms with Gasteiger partial charge in [0, 0.05) is 31.9 Å². The average Bonchev–Trinajstić information content (AvgIpc) is 3.11. The fraction of sp³-hybridized carbons (Fsp3) is 0.167. The van der Waals surface area contributed by atoms with Crippen LogP contribution in [0.3, 0.4) is 0 Å². The first-order chi connectivity index (χ1) is 12.0. The predicted molar refractivity (Wildman–Crippen MR) is 91.6 cm³/mol. The normalized spacial score (nSPS) is 10.5. The fourth-order valence-corrected chi connectivity index (χ4v) is 2.20. The van der Waals surface area contributed by atoms with Gasteiger partial charge in [-0.1, -0.05) is 17.3 Å². The van der Waals surface area contributed by atoms with Gasteiger partial charge in [0.15, 0.2) is 0 Å². The Morgan fingerprint density at radius 3 is 2.44 bits per heavy atom. The standard InChI is InChI=1S/C18H17FN4O2/c1-23(2)15-9-5-13(6-10-15)16-21-18(25-22-16)17(24)20-11-12-3-7-14(19)8-4-12/h3-10H,11H2,1-2H3,(H,20,24). The average molecular weight is 340 g/mol. The number of carbonyl (C=O) groups is 1. The molecule has 0 bridgehead atoms. The molecule has 128 valence electrons. The SMILES string of the molecule is CN(C)c1ccc(-c2noc(C(=O)NCc3ccc(F)cc3)n2)cc1. The minimum absolute atomic E-state index is 0.117. The minimum Gasteiger partial charge on any atom is -0.378 e. The highest BCUT2D eigenvalue weighted by Gasteiger charge is 2.16. The molecule has 0 atom stereocenters. The summed E-state index contributed by atoms with van der Waals surface area (Å²) >= 11 is 0. The van der Waals surface area contributed by atoms with Gasteiger partial charge in [-0.2, -0.15) is 4.98 Å². The summed E-state index contributed by atoms with van der Waals surface area (Å²) in [6.45, 7) is 0.244. The molecule has 6 nitrogen and oxygen atoms in total. The Bertz CT molecular complexity index is 858. The molecular formula is C18H17FN4O2. The number of carbonyl (C=O) groups excluding carboxylic acids is 1. The molecule has 7 heteroatoms. The van der Waals surface area contributed by atoms with Crippen molar-refractivity contribution in [1.82, 2.24) is 15.5 Å². The van der Waals surface area contributed by atoms with E-state index >= 15 is 0 Å². The lowest BCUT2D eigenvalue weighted by atomic mass is 10.2. The van der Waals surface area contributed by atoms with E-state index < -0.39 is 5.91 Å². The Hall–Kier alpha value is -3.22. The van der Waals surface area contributed by atoms with Crippen molar-refractivity contribution in [2.75, 3.05) is 19.0 Å². The third-order valence-electron chi connectivity index (χ3n) is 3.63. The quantitative estimate of drug-likeness (QED) is 0.773. The van der Waals surface area contributed by atoms with Crippen LogP contribution in [0.15, 0.2) is 53.1 Å². The van der Waals surface area contributed by atoms with Crippen molar-refractivity contribution in [1.29, 1.82) is 0 Å². The molecule has 1 aromatic heterocycles. The highest BCUT2D eigenvalue weighted by atomic mass is 19.1. The van der Waals surface area contributed by atoms with E-state index in [1.807, 2.05) is 43.3 Å². The number of hydrogen-bond donors (Lipinski definition) is 1. The van der Waals surface area contributed by atoms with Crippen LogP contribution in [0.1, 0.15) is 16.2 Å². The summed E-state index contributed by atoms with van der Waals surface area (Å²) in [5.41, 5.74) is 2.57. The maximum absolute atomic E-state index is 12.9. The molecule has 3 rings (SSSR count). The zero-order valence-corrected chi connectivity index (χ0v) is 13.9. The van der Waals surface area contributed by atoms with Gasteiger partial charge in [0.25, 0.3) is 0 Å². The molecule has 0 fully saturated rings. The molecular weight excluding hydrogens is 323 g/mol. The van der Waals surface area contributed by atoms with Crippen LogP contribution in [0.2, 0.25) is 0 Å². The molecule has 0 saturated carbocycles. The summed E-state index contributed by atoms with van der Waals surface area (Å²) in [6, 6.07) is 13.5. The Morgan fingerprint density at radius 1 is 1.12 bits per heavy atom. The number of amides is 1. The summed E-state index contributed by atoms with van der Waals surface area (Å²) in [4.78, 5) is 18.2. The number of halogens is 1. The topological polar surface area (TPSA) is 71.3 Å². The van der Waals surface area contributed by atoms with Crippen LogP contribution in [0.4, 0.5) is 10.1 Å². The van der Waals surface area contributed by atoms with Gasteiger partial charge >= 0.3 is 11.8 Å². The number of nitrogens with zero attached hydrogens (tertiary/aromatic N) is 3. The molecule has 1 amide bonds. The van der Waals surface area contributed by atoms with E-state index in [4.69, 9.17) is 4.52 Å². The van der Waals surface area contributed by atoms with Gasteiger partial charge in [0.05, 0.1) is 0 Å². The van der Waals surface area contributed by atoms with Gasteiger partial charge in [0.1, 0.15) is 5.82 Å². The van der Waals surface area contributed by atoms with E-state index in [0.29, 0.717) is 5.82 Å². The second-order valence-corrected chi connectivity index (χ2v) is 5.67. The van der Waals surface area contributed by atoms with E-state index in [0.717, 1.165) is 16.8 Å². The van der Waals surface area contributed by atoms with Crippen molar-refractivity contribution < 1.29 is 13.7 Å². The Kier molecular flexibility index (Phi) is 4.74. The fourth-order valence-electron chi connectivity index (χ4n) is 2.20. The molecule has 0 radical (unpaired) electrons. The van der Waals surface area contributed by atoms with Crippen molar-refractivity contribution in [2.45, 2.75) is 6.54 Å². The molecule has 0 unspecified atom stereocenters. The highest BCUT2D eigenvalue weighted by Crippen LogP contribution is 2.20. The largest absolute Gasteiger partial charge is 0.378 e. The van der Waals surface area contributed by atoms with Crippen LogP contribution >= 0.6 is 0 Å². The molecule has 1 N–H and O–H groups in total. The van der Waals surface area contributed by atoms with E-state index in [9.17, 15) is 9.18 Å². The number of nitrogens with one attached hydrogen (secondary N) is 1. The first-order valence-electron chi connectivity index (χ1n) is 7.67. The zero-order chi connectivity index (χ0) is 17.8. The van der Waals surface area contributed by atoms with Crippen LogP contribution in [-0.4, -0.2) is 30.1 Å². The van der Waals surface area contributed by atoms with E-state index in [1.165, 1.54) is 12.1 Å². The summed E-state index contributed by atoms with van der Waals surface area (Å²) < 4.78 is 17.9. The number of anilines is 1. The molecule has 0 aliphatic carbocycles. The maximum Gasteiger partial charge on any atom is 0.316 e. The van der Waals surface area contributed by atoms with Crippen LogP contribution in [0.25, 0.3) is 11.4 Å². The van der Waals surface area contributed by atoms with Crippen molar-refractivity contribution >= 4 is 11.6 Å². The first-order valence-corrected chi connectivity index (χ1v) is 7.67. The van der Waals surface area contributed by atoms with Crippen LogP contribution in [0, 0.1) is 5.82 Å². The number of benzene rings is 2. The lowest BCUT2D eigenvalue weighted by Gasteiger charge is -2.11. The van der Waals surface area contributed by atoms with Gasteiger partial charge in [0.2, 0.25) is 5.82 Å². The monoisotopic (exact) mass is 340 g/mol. The van der Waals surface area contributed by atoms with E-state index in [1.54, 1.807) is 12.1 Å². The molecule has 0 saturated heterocycles. The van der Waals surface area contributed by atoms with Crippen molar-refractivity contribution in [2.24, 2.45) is 0 Å². The lowest BCUT2D eigenvalue weighted by molar-refractivity contribution is 0.0907. The van der Waals surface area contributed by atoms with Gasteiger partial charge in [-0.3, -0.25) is 4.79 Å². The van der Waals surface area contributed by atoms with Crippen molar-refractivity contribution in [3.63, 3.8) is 0 Å². The van der Waals surface area contributed by atoms with E-state index in [-0.39, 0.29) is 18.3 Å². The number of hydrogen-bond acceptors (Lipinski definition) is 5. The number of aromatic nitrogens is 2. The summed E-state index contributed by atoms with van der Waals surface area (Å²) in [5, 5.41) is 6.50. The molecule has 0 spiro atoms. The predicted octanol–water partition coefficient (Wildman–Crippen LogP) is 2.87. The lowest BCUT2D eigenvalue weighted by Crippen LogP contribution is -2.23. The van der Waals surface area contributed by atoms with Gasteiger partial charge in [-0.05, 0) is 42.0 Å². The van der Waals surface area contributed by atoms with Gasteiger partial charge < -0.3 is 14.7 Å². The smallest absolute Gasteiger partial charge is 0.316 e. The number of rotatable bonds is 5. The Balaban J connectivity index is 1.65. The summed E-state index contributed by atoms with van der Waals surface area (Å²) in [5.74, 6) is -0.573. The second kappa shape index (κ2) is 7.12. The van der Waals surface area contributed by atoms with Crippen molar-refractivity contribution in [3.8, 4) is 11.4 Å². The minimum atomic E-state index is -0.479. The highest BCUT2D eigenvalue weighted by molar-refractivity contribution is 5.89. The zero-order valence-electron chi connectivity index (χ0n) is 13.9. The molecule has 0 aliphatic rings. The van der Waals surface area contributed by atoms with Crippen LogP contribution in [0.5, 0.6) is 0 Å². The Morgan fingerprint density at radius 2 is 1.80 bits per heavy atom.